The number of hydrogen-bond donors (Lipinski definition) is 0. The van der Waals surface area contributed by atoms with Gasteiger partial charge in [-0.15, -0.1) is 0 Å². The quantitative estimate of drug-likeness (QED) is 0.471. The van der Waals surface area contributed by atoms with Gasteiger partial charge >= 0.3 is 6.18 Å². The summed E-state index contributed by atoms with van der Waals surface area (Å²) in [4.78, 5) is 11.4. The Labute approximate surface area is 161 Å². The van der Waals surface area contributed by atoms with Crippen LogP contribution < -0.4 is 0 Å². The van der Waals surface area contributed by atoms with Crippen molar-refractivity contribution in [3.05, 3.63) is 71.4 Å². The first-order valence-electron chi connectivity index (χ1n) is 8.09. The number of ketones is 1. The van der Waals surface area contributed by atoms with E-state index in [4.69, 9.17) is 0 Å². The van der Waals surface area contributed by atoms with E-state index >= 15 is 0 Å². The van der Waals surface area contributed by atoms with Crippen LogP contribution in [-0.4, -0.2) is 24.3 Å². The van der Waals surface area contributed by atoms with E-state index in [9.17, 15) is 26.7 Å². The maximum atomic E-state index is 13.2. The van der Waals surface area contributed by atoms with Gasteiger partial charge in [0.1, 0.15) is 0 Å². The Kier molecular flexibility index (Phi) is 5.48. The van der Waals surface area contributed by atoms with Crippen LogP contribution in [0, 0.1) is 0 Å². The standard InChI is InChI=1S/C19H15F3N2O3S/c1-12(25)14-6-8-16(9-7-14)24-17(10-18(23-24)19(20,21)22)15-4-2-13(3-5-15)11-28(26)27/h2-10H,11H2,1H3,(H,26,27)/p-1. The average Bonchev–Trinajstić information content (AvgIpc) is 3.07. The zero-order chi connectivity index (χ0) is 20.5. The van der Waals surface area contributed by atoms with E-state index < -0.39 is 23.0 Å². The SMILES string of the molecule is CC(=O)c1ccc(-n2nc(C(F)(F)F)cc2-c2ccc(CS(=O)[O-])cc2)cc1. The van der Waals surface area contributed by atoms with Gasteiger partial charge in [0.05, 0.1) is 11.4 Å². The number of halogens is 3. The zero-order valence-corrected chi connectivity index (χ0v) is 15.4. The second-order valence-electron chi connectivity index (χ2n) is 6.07. The van der Waals surface area contributed by atoms with E-state index in [1.165, 1.54) is 43.3 Å². The molecule has 28 heavy (non-hydrogen) atoms. The first kappa shape index (κ1) is 20.0. The van der Waals surface area contributed by atoms with Crippen molar-refractivity contribution >= 4 is 16.9 Å². The highest BCUT2D eigenvalue weighted by Gasteiger charge is 2.35. The number of benzene rings is 2. The summed E-state index contributed by atoms with van der Waals surface area (Å²) in [5, 5.41) is 3.68. The van der Waals surface area contributed by atoms with Crippen LogP contribution >= 0.6 is 0 Å². The molecule has 0 aliphatic heterocycles. The van der Waals surface area contributed by atoms with Crippen LogP contribution in [0.25, 0.3) is 16.9 Å². The highest BCUT2D eigenvalue weighted by molar-refractivity contribution is 7.78. The van der Waals surface area contributed by atoms with Crippen molar-refractivity contribution in [2.75, 3.05) is 0 Å². The Bertz CT molecular complexity index is 1030. The third kappa shape index (κ3) is 4.37. The third-order valence-electron chi connectivity index (χ3n) is 4.05. The number of aromatic nitrogens is 2. The Morgan fingerprint density at radius 1 is 1.11 bits per heavy atom. The van der Waals surface area contributed by atoms with Crippen LogP contribution in [0.5, 0.6) is 0 Å². The Morgan fingerprint density at radius 2 is 1.71 bits per heavy atom. The molecular weight excluding hydrogens is 393 g/mol. The maximum Gasteiger partial charge on any atom is 0.435 e. The summed E-state index contributed by atoms with van der Waals surface area (Å²) in [5.74, 6) is -0.339. The van der Waals surface area contributed by atoms with E-state index in [1.807, 2.05) is 0 Å². The number of Topliss-reactive ketones (excluding diaryl/α,β-unsaturated/α-hetero) is 1. The minimum atomic E-state index is -4.63. The monoisotopic (exact) mass is 407 g/mol. The lowest BCUT2D eigenvalue weighted by Gasteiger charge is -2.10. The summed E-state index contributed by atoms with van der Waals surface area (Å²) >= 11 is -2.26. The molecule has 9 heteroatoms. The number of carbonyl (C=O) groups excluding carboxylic acids is 1. The molecule has 0 spiro atoms. The third-order valence-corrected chi connectivity index (χ3v) is 4.62. The minimum absolute atomic E-state index is 0.158. The minimum Gasteiger partial charge on any atom is -0.772 e. The Morgan fingerprint density at radius 3 is 2.21 bits per heavy atom. The lowest BCUT2D eigenvalue weighted by Crippen LogP contribution is -2.07. The molecule has 1 heterocycles. The van der Waals surface area contributed by atoms with Gasteiger partial charge in [-0.25, -0.2) is 4.68 Å². The summed E-state index contributed by atoms with van der Waals surface area (Å²) in [6, 6.07) is 13.2. The first-order valence-corrected chi connectivity index (χ1v) is 9.33. The second-order valence-corrected chi connectivity index (χ2v) is 6.97. The molecule has 0 saturated carbocycles. The van der Waals surface area contributed by atoms with Gasteiger partial charge in [0.15, 0.2) is 11.5 Å². The van der Waals surface area contributed by atoms with Gasteiger partial charge in [-0.2, -0.15) is 18.3 Å². The lowest BCUT2D eigenvalue weighted by atomic mass is 10.1. The normalized spacial score (nSPS) is 12.8. The summed E-state index contributed by atoms with van der Waals surface area (Å²) in [6.07, 6.45) is -4.63. The smallest absolute Gasteiger partial charge is 0.435 e. The van der Waals surface area contributed by atoms with Gasteiger partial charge in [-0.3, -0.25) is 9.00 Å². The molecule has 146 valence electrons. The molecule has 1 aromatic heterocycles. The molecule has 0 aliphatic carbocycles. The largest absolute Gasteiger partial charge is 0.772 e. The van der Waals surface area contributed by atoms with Gasteiger partial charge in [-0.05, 0) is 42.8 Å². The fourth-order valence-electron chi connectivity index (χ4n) is 2.67. The van der Waals surface area contributed by atoms with E-state index in [1.54, 1.807) is 12.1 Å². The van der Waals surface area contributed by atoms with Crippen molar-refractivity contribution < 1.29 is 26.7 Å². The number of rotatable bonds is 5. The van der Waals surface area contributed by atoms with Gasteiger partial charge < -0.3 is 4.55 Å². The molecule has 0 saturated heterocycles. The van der Waals surface area contributed by atoms with Gasteiger partial charge in [-0.1, -0.05) is 35.3 Å². The molecule has 3 rings (SSSR count). The summed E-state index contributed by atoms with van der Waals surface area (Å²) < 4.78 is 62.3. The number of hydrogen-bond acceptors (Lipinski definition) is 4. The van der Waals surface area contributed by atoms with E-state index in [0.29, 0.717) is 22.4 Å². The molecule has 3 aromatic rings. The highest BCUT2D eigenvalue weighted by Crippen LogP contribution is 2.33. The van der Waals surface area contributed by atoms with Crippen molar-refractivity contribution in [2.24, 2.45) is 0 Å². The predicted molar refractivity (Wildman–Crippen MR) is 96.6 cm³/mol. The second kappa shape index (κ2) is 7.69. The lowest BCUT2D eigenvalue weighted by molar-refractivity contribution is -0.141. The zero-order valence-electron chi connectivity index (χ0n) is 14.6. The van der Waals surface area contributed by atoms with Gasteiger partial charge in [0, 0.05) is 16.9 Å². The first-order chi connectivity index (χ1) is 13.1. The molecule has 1 unspecified atom stereocenters. The van der Waals surface area contributed by atoms with E-state index in [2.05, 4.69) is 5.10 Å². The van der Waals surface area contributed by atoms with Crippen LogP contribution in [0.3, 0.4) is 0 Å². The molecule has 5 nitrogen and oxygen atoms in total. The van der Waals surface area contributed by atoms with Crippen molar-refractivity contribution in [3.63, 3.8) is 0 Å². The molecule has 0 amide bonds. The highest BCUT2D eigenvalue weighted by atomic mass is 32.2. The van der Waals surface area contributed by atoms with Crippen molar-refractivity contribution in [2.45, 2.75) is 18.9 Å². The van der Waals surface area contributed by atoms with E-state index in [-0.39, 0.29) is 17.2 Å². The van der Waals surface area contributed by atoms with Gasteiger partial charge in [0.2, 0.25) is 0 Å². The van der Waals surface area contributed by atoms with Crippen LogP contribution in [-0.2, 0) is 23.0 Å². The van der Waals surface area contributed by atoms with Crippen molar-refractivity contribution in [1.82, 2.24) is 9.78 Å². The topological polar surface area (TPSA) is 75.0 Å². The molecule has 2 aromatic carbocycles. The molecule has 1 atom stereocenters. The van der Waals surface area contributed by atoms with Crippen LogP contribution in [0.1, 0.15) is 28.5 Å². The Hall–Kier alpha value is -2.78. The summed E-state index contributed by atoms with van der Waals surface area (Å²) in [7, 11) is 0. The molecular formula is C19H14F3N2O3S-. The van der Waals surface area contributed by atoms with Gasteiger partial charge in [0.25, 0.3) is 0 Å². The van der Waals surface area contributed by atoms with Crippen LogP contribution in [0.2, 0.25) is 0 Å². The number of carbonyl (C=O) groups is 1. The molecule has 0 bridgehead atoms. The Balaban J connectivity index is 2.08. The van der Waals surface area contributed by atoms with Crippen LogP contribution in [0.4, 0.5) is 13.2 Å². The van der Waals surface area contributed by atoms with Crippen molar-refractivity contribution in [1.29, 1.82) is 0 Å². The number of nitrogens with zero attached hydrogens (tertiary/aromatic N) is 2. The molecule has 0 N–H and O–H groups in total. The van der Waals surface area contributed by atoms with Crippen molar-refractivity contribution in [3.8, 4) is 16.9 Å². The molecule has 0 radical (unpaired) electrons. The summed E-state index contributed by atoms with van der Waals surface area (Å²) in [5.41, 5.74) is 0.897. The maximum absolute atomic E-state index is 13.2. The summed E-state index contributed by atoms with van der Waals surface area (Å²) in [6.45, 7) is 1.40. The average molecular weight is 407 g/mol. The fourth-order valence-corrected chi connectivity index (χ4v) is 3.13. The van der Waals surface area contributed by atoms with Crippen LogP contribution in [0.15, 0.2) is 54.6 Å². The molecule has 0 fully saturated rings. The molecule has 0 aliphatic rings. The predicted octanol–water partition coefficient (Wildman–Crippen LogP) is 4.14. The number of alkyl halides is 3. The fraction of sp³-hybridized carbons (Fsp3) is 0.158. The van der Waals surface area contributed by atoms with E-state index in [0.717, 1.165) is 10.7 Å².